The average molecular weight is 299 g/mol. The number of fused-ring (bicyclic) bond motifs is 2. The minimum Gasteiger partial charge on any atom is -0.439 e. The van der Waals surface area contributed by atoms with Crippen LogP contribution in [0.2, 0.25) is 0 Å². The Bertz CT molecular complexity index is 792. The Morgan fingerprint density at radius 1 is 1.43 bits per heavy atom. The number of rotatable bonds is 2. The van der Waals surface area contributed by atoms with Crippen LogP contribution in [-0.2, 0) is 13.0 Å². The molecule has 108 valence electrons. The molecule has 0 saturated heterocycles. The second kappa shape index (κ2) is 4.86. The normalized spacial score (nSPS) is 19.0. The van der Waals surface area contributed by atoms with E-state index in [1.807, 2.05) is 29.5 Å². The van der Waals surface area contributed by atoms with Crippen LogP contribution in [0.5, 0.6) is 0 Å². The fourth-order valence-electron chi connectivity index (χ4n) is 3.01. The monoisotopic (exact) mass is 299 g/mol. The van der Waals surface area contributed by atoms with Crippen LogP contribution in [0.1, 0.15) is 29.3 Å². The lowest BCUT2D eigenvalue weighted by Gasteiger charge is -2.32. The Balaban J connectivity index is 1.60. The summed E-state index contributed by atoms with van der Waals surface area (Å²) >= 11 is 1.86. The van der Waals surface area contributed by atoms with Gasteiger partial charge in [-0.05, 0) is 48.6 Å². The van der Waals surface area contributed by atoms with Crippen LogP contribution in [0, 0.1) is 0 Å². The van der Waals surface area contributed by atoms with Gasteiger partial charge in [-0.25, -0.2) is 4.98 Å². The smallest absolute Gasteiger partial charge is 0.209 e. The van der Waals surface area contributed by atoms with Crippen molar-refractivity contribution in [2.45, 2.75) is 25.9 Å². The van der Waals surface area contributed by atoms with Crippen molar-refractivity contribution in [2.75, 3.05) is 12.3 Å². The third kappa shape index (κ3) is 2.22. The third-order valence-corrected chi connectivity index (χ3v) is 5.19. The molecule has 2 N–H and O–H groups in total. The Morgan fingerprint density at radius 3 is 3.24 bits per heavy atom. The molecule has 1 unspecified atom stereocenters. The molecule has 0 spiro atoms. The average Bonchev–Trinajstić information content (AvgIpc) is 3.07. The first-order valence-corrected chi connectivity index (χ1v) is 8.04. The molecule has 4 nitrogen and oxygen atoms in total. The number of benzene rings is 1. The molecule has 0 fully saturated rings. The van der Waals surface area contributed by atoms with Crippen LogP contribution in [0.4, 0.5) is 5.69 Å². The lowest BCUT2D eigenvalue weighted by molar-refractivity contribution is 0.175. The van der Waals surface area contributed by atoms with Gasteiger partial charge in [0.05, 0.1) is 6.54 Å². The molecule has 1 atom stereocenters. The van der Waals surface area contributed by atoms with Gasteiger partial charge in [-0.15, -0.1) is 11.3 Å². The largest absolute Gasteiger partial charge is 0.439 e. The third-order valence-electron chi connectivity index (χ3n) is 4.20. The first kappa shape index (κ1) is 12.9. The second-order valence-corrected chi connectivity index (χ2v) is 6.53. The van der Waals surface area contributed by atoms with E-state index in [4.69, 9.17) is 10.2 Å². The van der Waals surface area contributed by atoms with Gasteiger partial charge in [0.15, 0.2) is 5.58 Å². The highest BCUT2D eigenvalue weighted by atomic mass is 32.1. The number of thiophene rings is 1. The summed E-state index contributed by atoms with van der Waals surface area (Å²) in [7, 11) is 0. The molecule has 4 rings (SSSR count). The summed E-state index contributed by atoms with van der Waals surface area (Å²) in [4.78, 5) is 8.50. The number of hydrogen-bond acceptors (Lipinski definition) is 5. The summed E-state index contributed by atoms with van der Waals surface area (Å²) in [6, 6.07) is 8.25. The quantitative estimate of drug-likeness (QED) is 0.735. The molecule has 1 aliphatic heterocycles. The molecular formula is C16H17N3OS. The highest BCUT2D eigenvalue weighted by Crippen LogP contribution is 2.33. The van der Waals surface area contributed by atoms with Crippen LogP contribution in [0.25, 0.3) is 11.1 Å². The van der Waals surface area contributed by atoms with E-state index in [0.29, 0.717) is 6.04 Å². The number of nitrogens with zero attached hydrogens (tertiary/aromatic N) is 2. The van der Waals surface area contributed by atoms with E-state index in [9.17, 15) is 0 Å². The van der Waals surface area contributed by atoms with Crippen molar-refractivity contribution in [1.82, 2.24) is 9.88 Å². The summed E-state index contributed by atoms with van der Waals surface area (Å²) in [6.07, 6.45) is 1.12. The van der Waals surface area contributed by atoms with Gasteiger partial charge in [-0.3, -0.25) is 4.90 Å². The lowest BCUT2D eigenvalue weighted by atomic mass is 10.0. The minimum atomic E-state index is 0.417. The Labute approximate surface area is 127 Å². The van der Waals surface area contributed by atoms with E-state index in [0.717, 1.165) is 42.2 Å². The molecule has 0 radical (unpaired) electrons. The zero-order chi connectivity index (χ0) is 14.4. The zero-order valence-electron chi connectivity index (χ0n) is 11.9. The van der Waals surface area contributed by atoms with Crippen molar-refractivity contribution in [3.63, 3.8) is 0 Å². The summed E-state index contributed by atoms with van der Waals surface area (Å²) in [6.45, 7) is 4.05. The minimum absolute atomic E-state index is 0.417. The molecule has 3 heterocycles. The molecule has 2 aromatic heterocycles. The summed E-state index contributed by atoms with van der Waals surface area (Å²) < 4.78 is 5.84. The van der Waals surface area contributed by atoms with Crippen LogP contribution in [-0.4, -0.2) is 16.4 Å². The molecule has 5 heteroatoms. The van der Waals surface area contributed by atoms with Gasteiger partial charge >= 0.3 is 0 Å². The van der Waals surface area contributed by atoms with Crippen LogP contribution in [0.15, 0.2) is 34.1 Å². The fraction of sp³-hybridized carbons (Fsp3) is 0.312. The summed E-state index contributed by atoms with van der Waals surface area (Å²) in [5, 5.41) is 2.19. The molecule has 3 aromatic rings. The van der Waals surface area contributed by atoms with Crippen molar-refractivity contribution in [1.29, 1.82) is 0 Å². The summed E-state index contributed by atoms with van der Waals surface area (Å²) in [5.74, 6) is 0.765. The standard InChI is InChI=1S/C16H17N3OS/c1-10-12-5-7-21-15(12)4-6-19(10)9-16-18-13-8-11(17)2-3-14(13)20-16/h2-3,5,7-8,10H,4,6,9,17H2,1H3. The molecular weight excluding hydrogens is 282 g/mol. The number of nitrogens with two attached hydrogens (primary N) is 1. The lowest BCUT2D eigenvalue weighted by Crippen LogP contribution is -2.32. The van der Waals surface area contributed by atoms with E-state index in [1.54, 1.807) is 0 Å². The topological polar surface area (TPSA) is 55.3 Å². The Kier molecular flexibility index (Phi) is 2.97. The van der Waals surface area contributed by atoms with Gasteiger partial charge in [0.1, 0.15) is 5.52 Å². The van der Waals surface area contributed by atoms with E-state index < -0.39 is 0 Å². The molecule has 0 aliphatic carbocycles. The van der Waals surface area contributed by atoms with Gasteiger partial charge in [0.2, 0.25) is 5.89 Å². The van der Waals surface area contributed by atoms with E-state index in [1.165, 1.54) is 10.4 Å². The fourth-order valence-corrected chi connectivity index (χ4v) is 3.97. The Morgan fingerprint density at radius 2 is 2.33 bits per heavy atom. The molecule has 1 aliphatic rings. The van der Waals surface area contributed by atoms with Crippen molar-refractivity contribution >= 4 is 28.1 Å². The van der Waals surface area contributed by atoms with Crippen molar-refractivity contribution in [2.24, 2.45) is 0 Å². The molecule has 0 saturated carbocycles. The van der Waals surface area contributed by atoms with Crippen molar-refractivity contribution in [3.05, 3.63) is 46.0 Å². The molecule has 0 amide bonds. The van der Waals surface area contributed by atoms with Crippen molar-refractivity contribution in [3.8, 4) is 0 Å². The van der Waals surface area contributed by atoms with Gasteiger partial charge in [-0.2, -0.15) is 0 Å². The number of anilines is 1. The maximum absolute atomic E-state index is 5.84. The van der Waals surface area contributed by atoms with E-state index in [-0.39, 0.29) is 0 Å². The SMILES string of the molecule is CC1c2ccsc2CCN1Cc1nc2cc(N)ccc2o1. The second-order valence-electron chi connectivity index (χ2n) is 5.53. The Hall–Kier alpha value is -1.85. The summed E-state index contributed by atoms with van der Waals surface area (Å²) in [5.41, 5.74) is 9.60. The van der Waals surface area contributed by atoms with Gasteiger partial charge in [-0.1, -0.05) is 0 Å². The van der Waals surface area contributed by atoms with Gasteiger partial charge < -0.3 is 10.2 Å². The van der Waals surface area contributed by atoms with E-state index in [2.05, 4.69) is 28.3 Å². The first-order valence-electron chi connectivity index (χ1n) is 7.16. The van der Waals surface area contributed by atoms with Crippen LogP contribution >= 0.6 is 11.3 Å². The number of nitrogen functional groups attached to an aromatic ring is 1. The highest BCUT2D eigenvalue weighted by Gasteiger charge is 2.25. The van der Waals surface area contributed by atoms with E-state index >= 15 is 0 Å². The van der Waals surface area contributed by atoms with Gasteiger partial charge in [0, 0.05) is 23.2 Å². The molecule has 1 aromatic carbocycles. The molecule has 21 heavy (non-hydrogen) atoms. The first-order chi connectivity index (χ1) is 10.2. The predicted octanol–water partition coefficient (Wildman–Crippen LogP) is 3.59. The number of oxazole rings is 1. The van der Waals surface area contributed by atoms with Crippen molar-refractivity contribution < 1.29 is 4.42 Å². The predicted molar refractivity (Wildman–Crippen MR) is 85.3 cm³/mol. The zero-order valence-corrected chi connectivity index (χ0v) is 12.7. The number of hydrogen-bond donors (Lipinski definition) is 1. The maximum Gasteiger partial charge on any atom is 0.209 e. The molecule has 0 bridgehead atoms. The van der Waals surface area contributed by atoms with Crippen LogP contribution < -0.4 is 5.73 Å². The van der Waals surface area contributed by atoms with Crippen LogP contribution in [0.3, 0.4) is 0 Å². The number of aromatic nitrogens is 1. The van der Waals surface area contributed by atoms with Gasteiger partial charge in [0.25, 0.3) is 0 Å². The highest BCUT2D eigenvalue weighted by molar-refractivity contribution is 7.10. The maximum atomic E-state index is 5.84.